The van der Waals surface area contributed by atoms with E-state index in [-0.39, 0.29) is 5.92 Å². The molecule has 3 heteroatoms. The molecule has 0 spiro atoms. The van der Waals surface area contributed by atoms with Gasteiger partial charge in [0.1, 0.15) is 5.75 Å². The third-order valence-corrected chi connectivity index (χ3v) is 2.68. The number of benzene rings is 1. The maximum Gasteiger partial charge on any atom is 0.119 e. The molecule has 0 saturated carbocycles. The van der Waals surface area contributed by atoms with Crippen molar-refractivity contribution in [2.75, 3.05) is 18.9 Å². The first-order chi connectivity index (χ1) is 6.31. The van der Waals surface area contributed by atoms with Crippen LogP contribution in [0.15, 0.2) is 24.3 Å². The molecule has 0 unspecified atom stereocenters. The summed E-state index contributed by atoms with van der Waals surface area (Å²) in [5, 5.41) is 0. The van der Waals surface area contributed by atoms with Gasteiger partial charge in [0, 0.05) is 17.7 Å². The number of alkyl halides is 2. The summed E-state index contributed by atoms with van der Waals surface area (Å²) in [5.74, 6) is 2.13. The summed E-state index contributed by atoms with van der Waals surface area (Å²) in [6.07, 6.45) is 0. The minimum Gasteiger partial charge on any atom is -0.497 e. The van der Waals surface area contributed by atoms with Crippen LogP contribution in [0.1, 0.15) is 11.5 Å². The molecule has 0 aliphatic heterocycles. The second-order valence-corrected chi connectivity index (χ2v) is 3.40. The Kier molecular flexibility index (Phi) is 4.40. The predicted molar refractivity (Wildman–Crippen MR) is 57.2 cm³/mol. The Balaban J connectivity index is 2.86. The van der Waals surface area contributed by atoms with Crippen LogP contribution in [0.25, 0.3) is 0 Å². The van der Waals surface area contributed by atoms with E-state index >= 15 is 0 Å². The first-order valence-corrected chi connectivity index (χ1v) is 5.14. The Hall–Kier alpha value is -0.400. The summed E-state index contributed by atoms with van der Waals surface area (Å²) in [5.41, 5.74) is 1.13. The fraction of sp³-hybridized carbons (Fsp3) is 0.400. The number of hydrogen-bond donors (Lipinski definition) is 0. The van der Waals surface area contributed by atoms with Gasteiger partial charge in [-0.05, 0) is 17.7 Å². The molecular formula is C10H12Cl2O. The topological polar surface area (TPSA) is 9.23 Å². The molecule has 0 aromatic heterocycles. The highest BCUT2D eigenvalue weighted by Gasteiger charge is 2.08. The fourth-order valence-corrected chi connectivity index (χ4v) is 1.80. The molecular weight excluding hydrogens is 207 g/mol. The second kappa shape index (κ2) is 5.36. The SMILES string of the molecule is COc1cccc(C(CCl)CCl)c1. The molecule has 0 amide bonds. The van der Waals surface area contributed by atoms with Gasteiger partial charge in [0.2, 0.25) is 0 Å². The summed E-state index contributed by atoms with van der Waals surface area (Å²) < 4.78 is 5.11. The van der Waals surface area contributed by atoms with Crippen molar-refractivity contribution in [1.82, 2.24) is 0 Å². The van der Waals surface area contributed by atoms with Gasteiger partial charge in [-0.25, -0.2) is 0 Å². The van der Waals surface area contributed by atoms with E-state index in [2.05, 4.69) is 0 Å². The highest BCUT2D eigenvalue weighted by molar-refractivity contribution is 6.21. The van der Waals surface area contributed by atoms with Gasteiger partial charge in [-0.3, -0.25) is 0 Å². The van der Waals surface area contributed by atoms with Crippen molar-refractivity contribution < 1.29 is 4.74 Å². The number of ether oxygens (including phenoxy) is 1. The molecule has 0 atom stereocenters. The Morgan fingerprint density at radius 3 is 2.54 bits per heavy atom. The highest BCUT2D eigenvalue weighted by Crippen LogP contribution is 2.22. The maximum atomic E-state index is 5.77. The van der Waals surface area contributed by atoms with Crippen LogP contribution < -0.4 is 4.74 Å². The van der Waals surface area contributed by atoms with Crippen LogP contribution in [0.4, 0.5) is 0 Å². The molecule has 1 nitrogen and oxygen atoms in total. The number of hydrogen-bond acceptors (Lipinski definition) is 1. The normalized spacial score (nSPS) is 10.5. The van der Waals surface area contributed by atoms with Gasteiger partial charge in [-0.1, -0.05) is 12.1 Å². The molecule has 1 aromatic rings. The van der Waals surface area contributed by atoms with Gasteiger partial charge in [-0.2, -0.15) is 0 Å². The summed E-state index contributed by atoms with van der Waals surface area (Å²) >= 11 is 11.5. The maximum absolute atomic E-state index is 5.77. The summed E-state index contributed by atoms with van der Waals surface area (Å²) in [6, 6.07) is 7.83. The molecule has 1 aromatic carbocycles. The van der Waals surface area contributed by atoms with E-state index in [1.54, 1.807) is 7.11 Å². The van der Waals surface area contributed by atoms with Gasteiger partial charge in [0.15, 0.2) is 0 Å². The fourth-order valence-electron chi connectivity index (χ4n) is 1.11. The van der Waals surface area contributed by atoms with Gasteiger partial charge >= 0.3 is 0 Å². The van der Waals surface area contributed by atoms with Crippen LogP contribution in [0.2, 0.25) is 0 Å². The molecule has 0 radical (unpaired) electrons. The largest absolute Gasteiger partial charge is 0.497 e. The van der Waals surface area contributed by atoms with Gasteiger partial charge < -0.3 is 4.74 Å². The zero-order chi connectivity index (χ0) is 9.68. The number of methoxy groups -OCH3 is 1. The van der Waals surface area contributed by atoms with Crippen LogP contribution in [0.5, 0.6) is 5.75 Å². The monoisotopic (exact) mass is 218 g/mol. The van der Waals surface area contributed by atoms with Crippen molar-refractivity contribution in [3.63, 3.8) is 0 Å². The van der Waals surface area contributed by atoms with Crippen molar-refractivity contribution in [3.8, 4) is 5.75 Å². The van der Waals surface area contributed by atoms with Gasteiger partial charge in [-0.15, -0.1) is 23.2 Å². The van der Waals surface area contributed by atoms with E-state index in [9.17, 15) is 0 Å². The molecule has 0 fully saturated rings. The molecule has 0 bridgehead atoms. The minimum absolute atomic E-state index is 0.207. The Labute approximate surface area is 88.6 Å². The van der Waals surface area contributed by atoms with Crippen molar-refractivity contribution >= 4 is 23.2 Å². The van der Waals surface area contributed by atoms with Crippen LogP contribution in [0, 0.1) is 0 Å². The average molecular weight is 219 g/mol. The average Bonchev–Trinajstić information content (AvgIpc) is 2.20. The molecule has 13 heavy (non-hydrogen) atoms. The quantitative estimate of drug-likeness (QED) is 0.706. The highest BCUT2D eigenvalue weighted by atomic mass is 35.5. The van der Waals surface area contributed by atoms with Crippen molar-refractivity contribution in [3.05, 3.63) is 29.8 Å². The molecule has 0 saturated heterocycles. The first kappa shape index (κ1) is 10.7. The van der Waals surface area contributed by atoms with Crippen molar-refractivity contribution in [1.29, 1.82) is 0 Å². The summed E-state index contributed by atoms with van der Waals surface area (Å²) in [4.78, 5) is 0. The zero-order valence-electron chi connectivity index (χ0n) is 7.47. The lowest BCUT2D eigenvalue weighted by Gasteiger charge is -2.11. The Bertz CT molecular complexity index is 259. The van der Waals surface area contributed by atoms with Crippen LogP contribution in [0.3, 0.4) is 0 Å². The molecule has 1 rings (SSSR count). The lowest BCUT2D eigenvalue weighted by atomic mass is 10.0. The summed E-state index contributed by atoms with van der Waals surface area (Å²) in [6.45, 7) is 0. The minimum atomic E-state index is 0.207. The van der Waals surface area contributed by atoms with Crippen molar-refractivity contribution in [2.24, 2.45) is 0 Å². The standard InChI is InChI=1S/C10H12Cl2O/c1-13-10-4-2-3-8(5-10)9(6-11)7-12/h2-5,9H,6-7H2,1H3. The number of rotatable bonds is 4. The van der Waals surface area contributed by atoms with E-state index < -0.39 is 0 Å². The number of halogens is 2. The van der Waals surface area contributed by atoms with Crippen LogP contribution in [-0.4, -0.2) is 18.9 Å². The second-order valence-electron chi connectivity index (χ2n) is 2.78. The van der Waals surface area contributed by atoms with Gasteiger partial charge in [0.05, 0.1) is 7.11 Å². The predicted octanol–water partition coefficient (Wildman–Crippen LogP) is 3.26. The van der Waals surface area contributed by atoms with E-state index in [0.29, 0.717) is 11.8 Å². The molecule has 0 N–H and O–H groups in total. The molecule has 0 aliphatic carbocycles. The van der Waals surface area contributed by atoms with Crippen molar-refractivity contribution in [2.45, 2.75) is 5.92 Å². The van der Waals surface area contributed by atoms with E-state index in [0.717, 1.165) is 11.3 Å². The molecule has 72 valence electrons. The Morgan fingerprint density at radius 2 is 2.00 bits per heavy atom. The van der Waals surface area contributed by atoms with E-state index in [1.807, 2.05) is 24.3 Å². The van der Waals surface area contributed by atoms with Crippen LogP contribution >= 0.6 is 23.2 Å². The lowest BCUT2D eigenvalue weighted by Crippen LogP contribution is -2.02. The summed E-state index contributed by atoms with van der Waals surface area (Å²) in [7, 11) is 1.65. The zero-order valence-corrected chi connectivity index (χ0v) is 8.98. The van der Waals surface area contributed by atoms with Gasteiger partial charge in [0.25, 0.3) is 0 Å². The molecule has 0 heterocycles. The smallest absolute Gasteiger partial charge is 0.119 e. The third-order valence-electron chi connectivity index (χ3n) is 1.94. The van der Waals surface area contributed by atoms with Crippen LogP contribution in [-0.2, 0) is 0 Å². The first-order valence-electron chi connectivity index (χ1n) is 4.07. The third kappa shape index (κ3) is 2.78. The Morgan fingerprint density at radius 1 is 1.31 bits per heavy atom. The lowest BCUT2D eigenvalue weighted by molar-refractivity contribution is 0.414. The molecule has 0 aliphatic rings. The van der Waals surface area contributed by atoms with E-state index in [4.69, 9.17) is 27.9 Å². The van der Waals surface area contributed by atoms with E-state index in [1.165, 1.54) is 0 Å².